The third-order valence-corrected chi connectivity index (χ3v) is 7.76. The van der Waals surface area contributed by atoms with Crippen molar-refractivity contribution >= 4 is 41.7 Å². The van der Waals surface area contributed by atoms with Crippen LogP contribution in [0.2, 0.25) is 0 Å². The Morgan fingerprint density at radius 2 is 1.60 bits per heavy atom. The van der Waals surface area contributed by atoms with Crippen LogP contribution in [0.1, 0.15) is 41.4 Å². The molecule has 17 heteroatoms. The lowest BCUT2D eigenvalue weighted by Crippen LogP contribution is -2.34. The molecule has 3 rings (SSSR count). The third kappa shape index (κ3) is 7.22. The first kappa shape index (κ1) is 31.6. The molecule has 0 saturated heterocycles. The predicted octanol–water partition coefficient (Wildman–Crippen LogP) is 7.56. The summed E-state index contributed by atoms with van der Waals surface area (Å²) in [7, 11) is -3.20. The molecule has 0 fully saturated rings. The van der Waals surface area contributed by atoms with Gasteiger partial charge in [-0.25, -0.2) is 26.9 Å². The van der Waals surface area contributed by atoms with Crippen LogP contribution >= 0.6 is 19.6 Å². The van der Waals surface area contributed by atoms with Crippen molar-refractivity contribution in [2.75, 3.05) is 6.61 Å². The number of esters is 2. The molecular formula is C23H17F9NO5PS. The van der Waals surface area contributed by atoms with Gasteiger partial charge in [-0.2, -0.15) is 8.78 Å². The van der Waals surface area contributed by atoms with Crippen molar-refractivity contribution in [3.63, 3.8) is 0 Å². The molecule has 0 aliphatic rings. The molecule has 1 N–H and O–H groups in total. The molecule has 1 heterocycles. The number of carbonyl (C=O) groups is 2. The van der Waals surface area contributed by atoms with E-state index in [-0.39, 0.29) is 22.3 Å². The maximum atomic E-state index is 15.3. The minimum Gasteiger partial charge on any atom is -0.465 e. The van der Waals surface area contributed by atoms with Crippen LogP contribution < -0.4 is 9.82 Å². The Labute approximate surface area is 224 Å². The summed E-state index contributed by atoms with van der Waals surface area (Å²) in [5.41, 5.74) is -0.359. The van der Waals surface area contributed by atoms with E-state index < -0.39 is 78.3 Å². The fourth-order valence-electron chi connectivity index (χ4n) is 3.08. The Bertz CT molecular complexity index is 1390. The molecule has 0 saturated carbocycles. The Kier molecular flexibility index (Phi) is 10.0. The molecule has 218 valence electrons. The zero-order valence-corrected chi connectivity index (χ0v) is 21.9. The molecule has 0 aliphatic carbocycles. The summed E-state index contributed by atoms with van der Waals surface area (Å²) < 4.78 is 135. The fraction of sp³-hybridized carbons (Fsp3) is 0.304. The summed E-state index contributed by atoms with van der Waals surface area (Å²) in [6.07, 6.45) is -4.83. The van der Waals surface area contributed by atoms with Crippen molar-refractivity contribution in [2.24, 2.45) is 0 Å². The second-order valence-corrected chi connectivity index (χ2v) is 10.5. The van der Waals surface area contributed by atoms with Crippen LogP contribution in [0.15, 0.2) is 24.3 Å². The van der Waals surface area contributed by atoms with E-state index >= 15 is 4.39 Å². The van der Waals surface area contributed by atoms with E-state index in [0.717, 1.165) is 25.1 Å². The molecular weight excluding hydrogens is 604 g/mol. The van der Waals surface area contributed by atoms with Gasteiger partial charge in [0.2, 0.25) is 34.8 Å². The minimum atomic E-state index is -5.27. The number of fused-ring (bicyclic) bond motifs is 1. The van der Waals surface area contributed by atoms with Crippen LogP contribution in [0.4, 0.5) is 39.5 Å². The second kappa shape index (κ2) is 12.7. The van der Waals surface area contributed by atoms with Crippen LogP contribution in [0.3, 0.4) is 0 Å². The number of thiophene rings is 1. The SMILES string of the molecule is CCCOC(=O)C(C)NP(OC(F)(F)F)C(F)c1ccc2sc(C(=O)Oc3c(F)c(F)c(F)c(F)c3F)cc2c1. The van der Waals surface area contributed by atoms with Crippen LogP contribution in [0.5, 0.6) is 5.75 Å². The van der Waals surface area contributed by atoms with Gasteiger partial charge >= 0.3 is 18.3 Å². The standard InChI is InChI=1S/C23H17F9NO5PS/c1-3-6-36-21(34)9(2)33-39(38-23(30,31)32)20(29)10-4-5-12-11(7-10)8-13(40-12)22(35)37-19-17(27)15(25)14(24)16(26)18(19)28/h4-5,7-9,20,33H,3,6H2,1-2H3. The number of ether oxygens (including phenoxy) is 2. The Hall–Kier alpha value is -2.94. The van der Waals surface area contributed by atoms with Crippen LogP contribution in [0, 0.1) is 29.1 Å². The van der Waals surface area contributed by atoms with Gasteiger partial charge in [-0.05, 0) is 42.5 Å². The van der Waals surface area contributed by atoms with E-state index in [1.807, 2.05) is 0 Å². The lowest BCUT2D eigenvalue weighted by Gasteiger charge is -2.25. The summed E-state index contributed by atoms with van der Waals surface area (Å²) in [6, 6.07) is 2.96. The maximum Gasteiger partial charge on any atom is 0.526 e. The normalized spacial score (nSPS) is 14.2. The van der Waals surface area contributed by atoms with Gasteiger partial charge < -0.3 is 9.47 Å². The molecule has 2 aromatic carbocycles. The molecule has 3 atom stereocenters. The average molecular weight is 621 g/mol. The molecule has 3 aromatic rings. The van der Waals surface area contributed by atoms with Gasteiger partial charge in [-0.3, -0.25) is 9.88 Å². The highest BCUT2D eigenvalue weighted by molar-refractivity contribution is 7.50. The summed E-state index contributed by atoms with van der Waals surface area (Å²) in [6.45, 7) is 2.84. The molecule has 0 radical (unpaired) electrons. The van der Waals surface area contributed by atoms with E-state index in [2.05, 4.69) is 14.3 Å². The highest BCUT2D eigenvalue weighted by Gasteiger charge is 2.40. The predicted molar refractivity (Wildman–Crippen MR) is 125 cm³/mol. The second-order valence-electron chi connectivity index (χ2n) is 7.91. The first-order valence-electron chi connectivity index (χ1n) is 11.0. The van der Waals surface area contributed by atoms with Crippen molar-refractivity contribution in [1.29, 1.82) is 0 Å². The monoisotopic (exact) mass is 621 g/mol. The van der Waals surface area contributed by atoms with Gasteiger partial charge in [-0.15, -0.1) is 24.5 Å². The van der Waals surface area contributed by atoms with Crippen molar-refractivity contribution in [3.8, 4) is 5.75 Å². The van der Waals surface area contributed by atoms with E-state index in [0.29, 0.717) is 17.8 Å². The van der Waals surface area contributed by atoms with Crippen molar-refractivity contribution < 1.29 is 63.1 Å². The van der Waals surface area contributed by atoms with Crippen LogP contribution in [-0.2, 0) is 14.1 Å². The quantitative estimate of drug-likeness (QED) is 0.0629. The topological polar surface area (TPSA) is 73.9 Å². The lowest BCUT2D eigenvalue weighted by molar-refractivity contribution is -0.273. The number of hydrogen-bond donors (Lipinski definition) is 1. The van der Waals surface area contributed by atoms with Gasteiger partial charge in [-0.1, -0.05) is 13.0 Å². The number of hydrogen-bond acceptors (Lipinski definition) is 7. The van der Waals surface area contributed by atoms with Crippen molar-refractivity contribution in [3.05, 3.63) is 63.8 Å². The van der Waals surface area contributed by atoms with Gasteiger partial charge in [0.1, 0.15) is 10.9 Å². The number of rotatable bonds is 10. The van der Waals surface area contributed by atoms with E-state index in [4.69, 9.17) is 4.74 Å². The van der Waals surface area contributed by atoms with E-state index in [9.17, 15) is 44.7 Å². The number of alkyl halides is 4. The number of nitrogens with one attached hydrogen (secondary N) is 1. The lowest BCUT2D eigenvalue weighted by atomic mass is 10.2. The van der Waals surface area contributed by atoms with Crippen molar-refractivity contribution in [2.45, 2.75) is 38.6 Å². The summed E-state index contributed by atoms with van der Waals surface area (Å²) in [5.74, 6) is -18.6. The van der Waals surface area contributed by atoms with Gasteiger partial charge in [0, 0.05) is 4.70 Å². The molecule has 0 spiro atoms. The Balaban J connectivity index is 1.86. The summed E-state index contributed by atoms with van der Waals surface area (Å²) in [5, 5.41) is 2.21. The van der Waals surface area contributed by atoms with Crippen molar-refractivity contribution in [1.82, 2.24) is 5.09 Å². The first-order valence-corrected chi connectivity index (χ1v) is 13.2. The van der Waals surface area contributed by atoms with Gasteiger partial charge in [0.05, 0.1) is 6.61 Å². The Morgan fingerprint density at radius 3 is 2.17 bits per heavy atom. The third-order valence-electron chi connectivity index (χ3n) is 4.91. The zero-order valence-electron chi connectivity index (χ0n) is 20.2. The van der Waals surface area contributed by atoms with Gasteiger partial charge in [0.25, 0.3) is 0 Å². The fourth-order valence-corrected chi connectivity index (χ4v) is 5.42. The molecule has 3 unspecified atom stereocenters. The van der Waals surface area contributed by atoms with E-state index in [1.165, 1.54) is 6.07 Å². The van der Waals surface area contributed by atoms with Crippen LogP contribution in [0.25, 0.3) is 10.1 Å². The number of halogens is 9. The molecule has 6 nitrogen and oxygen atoms in total. The highest BCUT2D eigenvalue weighted by Crippen LogP contribution is 2.54. The summed E-state index contributed by atoms with van der Waals surface area (Å²) >= 11 is 0.623. The maximum absolute atomic E-state index is 15.3. The molecule has 40 heavy (non-hydrogen) atoms. The molecule has 1 aromatic heterocycles. The largest absolute Gasteiger partial charge is 0.526 e. The van der Waals surface area contributed by atoms with Crippen LogP contribution in [-0.4, -0.2) is 30.9 Å². The van der Waals surface area contributed by atoms with Gasteiger partial charge in [0.15, 0.2) is 14.2 Å². The molecule has 0 amide bonds. The van der Waals surface area contributed by atoms with E-state index in [1.54, 1.807) is 6.92 Å². The zero-order chi connectivity index (χ0) is 29.9. The average Bonchev–Trinajstić information content (AvgIpc) is 3.33. The molecule has 0 aliphatic heterocycles. The molecule has 0 bridgehead atoms. The number of carbonyl (C=O) groups excluding carboxylic acids is 2. The Morgan fingerprint density at radius 1 is 1.00 bits per heavy atom. The minimum absolute atomic E-state index is 0.00806. The summed E-state index contributed by atoms with van der Waals surface area (Å²) in [4.78, 5) is 23.9. The highest BCUT2D eigenvalue weighted by atomic mass is 32.1. The number of benzene rings is 2. The first-order chi connectivity index (χ1) is 18.6. The smallest absolute Gasteiger partial charge is 0.465 e.